The second kappa shape index (κ2) is 6.61. The summed E-state index contributed by atoms with van der Waals surface area (Å²) in [5.41, 5.74) is -1.38. The minimum absolute atomic E-state index is 0.0438. The van der Waals surface area contributed by atoms with Crippen molar-refractivity contribution in [1.82, 2.24) is 10.6 Å². The van der Waals surface area contributed by atoms with Crippen molar-refractivity contribution in [3.05, 3.63) is 0 Å². The normalized spacial score (nSPS) is 16.8. The fourth-order valence-corrected chi connectivity index (χ4v) is 2.72. The molecule has 1 fully saturated rings. The summed E-state index contributed by atoms with van der Waals surface area (Å²) >= 11 is 0. The number of rotatable bonds is 5. The van der Waals surface area contributed by atoms with E-state index in [2.05, 4.69) is 16.6 Å². The summed E-state index contributed by atoms with van der Waals surface area (Å²) in [6.07, 6.45) is 8.48. The van der Waals surface area contributed by atoms with E-state index in [1.165, 1.54) is 0 Å². The van der Waals surface area contributed by atoms with Crippen LogP contribution in [0.15, 0.2) is 0 Å². The first kappa shape index (κ1) is 17.0. The first-order valence-corrected chi connectivity index (χ1v) is 7.00. The molecular weight excluding hydrogens is 272 g/mol. The van der Waals surface area contributed by atoms with Crippen LogP contribution in [0.3, 0.4) is 0 Å². The molecule has 0 bridgehead atoms. The van der Waals surface area contributed by atoms with Crippen molar-refractivity contribution in [2.75, 3.05) is 0 Å². The summed E-state index contributed by atoms with van der Waals surface area (Å²) in [5.74, 6) is 1.01. The van der Waals surface area contributed by atoms with Crippen LogP contribution in [0, 0.1) is 17.8 Å². The van der Waals surface area contributed by atoms with E-state index in [4.69, 9.17) is 11.5 Å². The predicted octanol–water partition coefficient (Wildman–Crippen LogP) is 1.65. The zero-order chi connectivity index (χ0) is 16.1. The van der Waals surface area contributed by atoms with Crippen LogP contribution in [0.1, 0.15) is 52.4 Å². The van der Waals surface area contributed by atoms with E-state index in [1.54, 1.807) is 13.8 Å². The van der Waals surface area contributed by atoms with Gasteiger partial charge in [-0.3, -0.25) is 14.9 Å². The standard InChI is InChI=1S/C15H22N2O4/c1-4-14(2,3)17-13(21)16-11(18)9-15(10-12(19)20)7-5-6-8-15/h1H,5-10H2,2-3H3,(H,19,20)(H2,16,17,18,21). The fourth-order valence-electron chi connectivity index (χ4n) is 2.72. The van der Waals surface area contributed by atoms with E-state index in [0.29, 0.717) is 12.8 Å². The minimum atomic E-state index is -0.914. The maximum Gasteiger partial charge on any atom is 0.322 e. The van der Waals surface area contributed by atoms with Gasteiger partial charge in [-0.05, 0) is 32.1 Å². The SMILES string of the molecule is C#CC(C)(C)NC(=O)NC(=O)CC1(CC(=O)O)CCCC1. The highest BCUT2D eigenvalue weighted by atomic mass is 16.4. The molecule has 0 aromatic heterocycles. The van der Waals surface area contributed by atoms with Crippen molar-refractivity contribution >= 4 is 17.9 Å². The molecule has 6 nitrogen and oxygen atoms in total. The van der Waals surface area contributed by atoms with Gasteiger partial charge in [-0.25, -0.2) is 4.79 Å². The van der Waals surface area contributed by atoms with E-state index in [-0.39, 0.29) is 12.8 Å². The van der Waals surface area contributed by atoms with Crippen LogP contribution in [0.4, 0.5) is 4.79 Å². The second-order valence-corrected chi connectivity index (χ2v) is 6.23. The summed E-state index contributed by atoms with van der Waals surface area (Å²) in [5, 5.41) is 13.7. The third kappa shape index (κ3) is 5.46. The Bertz CT molecular complexity index is 471. The number of hydrogen-bond donors (Lipinski definition) is 3. The molecule has 21 heavy (non-hydrogen) atoms. The van der Waals surface area contributed by atoms with Crippen LogP contribution in [-0.2, 0) is 9.59 Å². The molecule has 0 heterocycles. The molecule has 6 heteroatoms. The number of amides is 3. The second-order valence-electron chi connectivity index (χ2n) is 6.23. The molecule has 0 radical (unpaired) electrons. The first-order chi connectivity index (χ1) is 9.68. The number of urea groups is 1. The van der Waals surface area contributed by atoms with Crippen molar-refractivity contribution in [2.24, 2.45) is 5.41 Å². The number of carbonyl (C=O) groups excluding carboxylic acids is 2. The Morgan fingerprint density at radius 2 is 1.81 bits per heavy atom. The summed E-state index contributed by atoms with van der Waals surface area (Å²) < 4.78 is 0. The Morgan fingerprint density at radius 3 is 2.29 bits per heavy atom. The lowest BCUT2D eigenvalue weighted by atomic mass is 9.79. The van der Waals surface area contributed by atoms with E-state index in [9.17, 15) is 14.4 Å². The van der Waals surface area contributed by atoms with Crippen LogP contribution in [0.5, 0.6) is 0 Å². The molecule has 1 saturated carbocycles. The van der Waals surface area contributed by atoms with Gasteiger partial charge in [0.1, 0.15) is 0 Å². The molecule has 3 N–H and O–H groups in total. The molecule has 0 aliphatic heterocycles. The average molecular weight is 294 g/mol. The van der Waals surface area contributed by atoms with Crippen LogP contribution in [0.2, 0.25) is 0 Å². The van der Waals surface area contributed by atoms with Crippen LogP contribution in [-0.4, -0.2) is 28.6 Å². The van der Waals surface area contributed by atoms with Crippen LogP contribution < -0.4 is 10.6 Å². The average Bonchev–Trinajstić information content (AvgIpc) is 2.74. The van der Waals surface area contributed by atoms with Gasteiger partial charge in [-0.15, -0.1) is 6.42 Å². The molecule has 0 saturated heterocycles. The van der Waals surface area contributed by atoms with Gasteiger partial charge in [0.25, 0.3) is 0 Å². The highest BCUT2D eigenvalue weighted by Crippen LogP contribution is 2.43. The fraction of sp³-hybridized carbons (Fsp3) is 0.667. The van der Waals surface area contributed by atoms with Gasteiger partial charge < -0.3 is 10.4 Å². The Morgan fingerprint density at radius 1 is 1.24 bits per heavy atom. The highest BCUT2D eigenvalue weighted by molar-refractivity contribution is 5.95. The van der Waals surface area contributed by atoms with E-state index in [0.717, 1.165) is 12.8 Å². The number of imide groups is 1. The van der Waals surface area contributed by atoms with Crippen LogP contribution >= 0.6 is 0 Å². The van der Waals surface area contributed by atoms with Gasteiger partial charge in [-0.1, -0.05) is 18.8 Å². The third-order valence-corrected chi connectivity index (χ3v) is 3.77. The number of carbonyl (C=O) groups is 3. The molecule has 1 aliphatic rings. The molecule has 1 aliphatic carbocycles. The predicted molar refractivity (Wildman–Crippen MR) is 77.4 cm³/mol. The number of aliphatic carboxylic acids is 1. The number of terminal acetylenes is 1. The monoisotopic (exact) mass is 294 g/mol. The molecule has 0 spiro atoms. The number of hydrogen-bond acceptors (Lipinski definition) is 3. The van der Waals surface area contributed by atoms with Crippen LogP contribution in [0.25, 0.3) is 0 Å². The topological polar surface area (TPSA) is 95.5 Å². The zero-order valence-electron chi connectivity index (χ0n) is 12.5. The number of nitrogens with one attached hydrogen (secondary N) is 2. The smallest absolute Gasteiger partial charge is 0.322 e. The summed E-state index contributed by atoms with van der Waals surface area (Å²) in [7, 11) is 0. The summed E-state index contributed by atoms with van der Waals surface area (Å²) in [6, 6.07) is -0.661. The summed E-state index contributed by atoms with van der Waals surface area (Å²) in [4.78, 5) is 34.6. The first-order valence-electron chi connectivity index (χ1n) is 7.00. The molecular formula is C15H22N2O4. The lowest BCUT2D eigenvalue weighted by molar-refractivity contribution is -0.140. The molecule has 116 valence electrons. The van der Waals surface area contributed by atoms with E-state index >= 15 is 0 Å². The van der Waals surface area contributed by atoms with Gasteiger partial charge in [0, 0.05) is 6.42 Å². The number of carboxylic acids is 1. The lowest BCUT2D eigenvalue weighted by Gasteiger charge is -2.26. The van der Waals surface area contributed by atoms with Crippen molar-refractivity contribution in [3.8, 4) is 12.3 Å². The quantitative estimate of drug-likeness (QED) is 0.672. The molecule has 0 atom stereocenters. The lowest BCUT2D eigenvalue weighted by Crippen LogP contribution is -2.49. The molecule has 0 aromatic carbocycles. The van der Waals surface area contributed by atoms with Crippen molar-refractivity contribution in [1.29, 1.82) is 0 Å². The van der Waals surface area contributed by atoms with Crippen molar-refractivity contribution in [3.63, 3.8) is 0 Å². The Hall–Kier alpha value is -2.03. The Balaban J connectivity index is 2.57. The maximum absolute atomic E-state index is 12.0. The molecule has 1 rings (SSSR count). The van der Waals surface area contributed by atoms with Crippen molar-refractivity contribution in [2.45, 2.75) is 57.9 Å². The number of carboxylic acid groups (broad SMARTS) is 1. The Labute approximate surface area is 124 Å². The maximum atomic E-state index is 12.0. The van der Waals surface area contributed by atoms with Gasteiger partial charge in [-0.2, -0.15) is 0 Å². The largest absolute Gasteiger partial charge is 0.481 e. The van der Waals surface area contributed by atoms with Crippen molar-refractivity contribution < 1.29 is 19.5 Å². The van der Waals surface area contributed by atoms with E-state index < -0.39 is 28.9 Å². The highest BCUT2D eigenvalue weighted by Gasteiger charge is 2.38. The molecule has 0 aromatic rings. The minimum Gasteiger partial charge on any atom is -0.481 e. The Kier molecular flexibility index (Phi) is 5.36. The van der Waals surface area contributed by atoms with Gasteiger partial charge >= 0.3 is 12.0 Å². The third-order valence-electron chi connectivity index (χ3n) is 3.77. The zero-order valence-corrected chi connectivity index (χ0v) is 12.5. The van der Waals surface area contributed by atoms with Gasteiger partial charge in [0.15, 0.2) is 0 Å². The molecule has 3 amide bonds. The molecule has 0 unspecified atom stereocenters. The van der Waals surface area contributed by atoms with Gasteiger partial charge in [0.2, 0.25) is 5.91 Å². The van der Waals surface area contributed by atoms with E-state index in [1.807, 2.05) is 0 Å². The van der Waals surface area contributed by atoms with Gasteiger partial charge in [0.05, 0.1) is 12.0 Å². The summed E-state index contributed by atoms with van der Waals surface area (Å²) in [6.45, 7) is 3.28.